The van der Waals surface area contributed by atoms with Crippen LogP contribution in [0.5, 0.6) is 0 Å². The Morgan fingerprint density at radius 1 is 1.24 bits per heavy atom. The first-order valence-corrected chi connectivity index (χ1v) is 8.35. The number of non-ortho nitro benzene ring substituents is 1. The molecule has 2 aromatic carbocycles. The molecule has 0 saturated carbocycles. The van der Waals surface area contributed by atoms with Crippen molar-refractivity contribution in [1.82, 2.24) is 9.55 Å². The van der Waals surface area contributed by atoms with E-state index >= 15 is 0 Å². The Labute approximate surface area is 148 Å². The van der Waals surface area contributed by atoms with E-state index in [1.807, 2.05) is 6.07 Å². The summed E-state index contributed by atoms with van der Waals surface area (Å²) in [6, 6.07) is 11.2. The minimum atomic E-state index is -0.519. The molecule has 0 aliphatic heterocycles. The van der Waals surface area contributed by atoms with Crippen LogP contribution in [0, 0.1) is 10.1 Å². The van der Waals surface area contributed by atoms with Crippen molar-refractivity contribution in [3.63, 3.8) is 0 Å². The number of para-hydroxylation sites is 1. The third kappa shape index (κ3) is 3.25. The molecule has 7 heteroatoms. The average Bonchev–Trinajstić information content (AvgIpc) is 2.60. The van der Waals surface area contributed by atoms with E-state index in [-0.39, 0.29) is 16.3 Å². The van der Waals surface area contributed by atoms with Gasteiger partial charge in [-0.2, -0.15) is 0 Å². The van der Waals surface area contributed by atoms with Crippen molar-refractivity contribution in [2.24, 2.45) is 0 Å². The molecule has 0 unspecified atom stereocenters. The molecule has 0 radical (unpaired) electrons. The summed E-state index contributed by atoms with van der Waals surface area (Å²) in [7, 11) is 0. The zero-order valence-corrected chi connectivity index (χ0v) is 14.4. The van der Waals surface area contributed by atoms with E-state index in [4.69, 9.17) is 11.6 Å². The second-order valence-electron chi connectivity index (χ2n) is 5.68. The summed E-state index contributed by atoms with van der Waals surface area (Å²) in [6.45, 7) is 2.06. The Morgan fingerprint density at radius 3 is 2.68 bits per heavy atom. The van der Waals surface area contributed by atoms with Crippen molar-refractivity contribution in [3.05, 3.63) is 73.8 Å². The molecule has 0 N–H and O–H groups in total. The Morgan fingerprint density at radius 2 is 2.00 bits per heavy atom. The number of nitro benzene ring substituents is 1. The first-order valence-electron chi connectivity index (χ1n) is 7.98. The molecule has 0 saturated heterocycles. The van der Waals surface area contributed by atoms with Crippen LogP contribution in [0.4, 0.5) is 5.69 Å². The number of fused-ring (bicyclic) bond motifs is 1. The molecule has 3 aromatic rings. The number of halogens is 1. The van der Waals surface area contributed by atoms with Gasteiger partial charge in [-0.1, -0.05) is 37.1 Å². The third-order valence-corrected chi connectivity index (χ3v) is 4.28. The van der Waals surface area contributed by atoms with Crippen LogP contribution >= 0.6 is 11.6 Å². The summed E-state index contributed by atoms with van der Waals surface area (Å²) in [5.41, 5.74) is 0.688. The van der Waals surface area contributed by atoms with E-state index in [2.05, 4.69) is 11.9 Å². The molecule has 0 aliphatic carbocycles. The van der Waals surface area contributed by atoms with E-state index in [9.17, 15) is 14.9 Å². The van der Waals surface area contributed by atoms with Gasteiger partial charge in [0.25, 0.3) is 11.2 Å². The normalized spacial score (nSPS) is 11.0. The van der Waals surface area contributed by atoms with Crippen LogP contribution in [0.2, 0.25) is 5.02 Å². The zero-order valence-electron chi connectivity index (χ0n) is 13.6. The summed E-state index contributed by atoms with van der Waals surface area (Å²) in [5.74, 6) is 0.598. The molecule has 0 aliphatic rings. The van der Waals surface area contributed by atoms with Crippen molar-refractivity contribution in [2.45, 2.75) is 26.2 Å². The molecular formula is C18H16ClN3O3. The average molecular weight is 358 g/mol. The molecule has 0 bridgehead atoms. The van der Waals surface area contributed by atoms with Crippen LogP contribution in [-0.4, -0.2) is 14.5 Å². The number of nitrogens with zero attached hydrogens (tertiary/aromatic N) is 3. The summed E-state index contributed by atoms with van der Waals surface area (Å²) >= 11 is 6.25. The zero-order chi connectivity index (χ0) is 18.0. The molecular weight excluding hydrogens is 342 g/mol. The van der Waals surface area contributed by atoms with Gasteiger partial charge in [-0.05, 0) is 24.6 Å². The minimum Gasteiger partial charge on any atom is -0.268 e. The molecule has 1 heterocycles. The highest BCUT2D eigenvalue weighted by molar-refractivity contribution is 6.32. The summed E-state index contributed by atoms with van der Waals surface area (Å²) in [6.07, 6.45) is 2.44. The topological polar surface area (TPSA) is 78.0 Å². The lowest BCUT2D eigenvalue weighted by molar-refractivity contribution is -0.384. The Kier molecular flexibility index (Phi) is 4.81. The lowest BCUT2D eigenvalue weighted by Crippen LogP contribution is -2.24. The highest BCUT2D eigenvalue weighted by Gasteiger charge is 2.17. The largest absolute Gasteiger partial charge is 0.271 e. The molecule has 1 aromatic heterocycles. The molecule has 25 heavy (non-hydrogen) atoms. The number of rotatable bonds is 5. The van der Waals surface area contributed by atoms with Gasteiger partial charge in [-0.3, -0.25) is 19.5 Å². The van der Waals surface area contributed by atoms with Gasteiger partial charge in [0.05, 0.1) is 26.5 Å². The van der Waals surface area contributed by atoms with Gasteiger partial charge in [-0.25, -0.2) is 4.98 Å². The monoisotopic (exact) mass is 357 g/mol. The Bertz CT molecular complexity index is 1010. The highest BCUT2D eigenvalue weighted by Crippen LogP contribution is 2.26. The van der Waals surface area contributed by atoms with Crippen LogP contribution < -0.4 is 5.56 Å². The maximum Gasteiger partial charge on any atom is 0.271 e. The quantitative estimate of drug-likeness (QED) is 0.504. The van der Waals surface area contributed by atoms with Crippen molar-refractivity contribution < 1.29 is 4.92 Å². The molecule has 0 spiro atoms. The first kappa shape index (κ1) is 17.1. The second kappa shape index (κ2) is 7.03. The number of benzene rings is 2. The van der Waals surface area contributed by atoms with E-state index in [1.54, 1.807) is 18.2 Å². The number of nitro groups is 1. The smallest absolute Gasteiger partial charge is 0.268 e. The van der Waals surface area contributed by atoms with E-state index in [1.165, 1.54) is 22.8 Å². The molecule has 0 atom stereocenters. The fourth-order valence-electron chi connectivity index (χ4n) is 2.72. The van der Waals surface area contributed by atoms with Crippen LogP contribution in [-0.2, 0) is 6.42 Å². The SMILES string of the molecule is CCCCc1nc2ccccc2c(=O)n1-c1ccc([N+](=O)[O-])cc1Cl. The number of unbranched alkanes of at least 4 members (excludes halogenated alkanes) is 1. The number of hydrogen-bond donors (Lipinski definition) is 0. The molecule has 6 nitrogen and oxygen atoms in total. The molecule has 0 amide bonds. The number of aryl methyl sites for hydroxylation is 1. The standard InChI is InChI=1S/C18H16ClN3O3/c1-2-3-8-17-20-15-7-5-4-6-13(15)18(23)21(17)16-10-9-12(22(24)25)11-14(16)19/h4-7,9-11H,2-3,8H2,1H3. The molecule has 3 rings (SSSR count). The van der Waals surface area contributed by atoms with Gasteiger partial charge < -0.3 is 0 Å². The fraction of sp³-hybridized carbons (Fsp3) is 0.222. The van der Waals surface area contributed by atoms with Crippen LogP contribution in [0.1, 0.15) is 25.6 Å². The highest BCUT2D eigenvalue weighted by atomic mass is 35.5. The lowest BCUT2D eigenvalue weighted by Gasteiger charge is -2.14. The van der Waals surface area contributed by atoms with E-state index < -0.39 is 4.92 Å². The van der Waals surface area contributed by atoms with Crippen molar-refractivity contribution >= 4 is 28.2 Å². The summed E-state index contributed by atoms with van der Waals surface area (Å²) in [4.78, 5) is 28.0. The van der Waals surface area contributed by atoms with Gasteiger partial charge in [0.15, 0.2) is 0 Å². The van der Waals surface area contributed by atoms with Crippen LogP contribution in [0.25, 0.3) is 16.6 Å². The summed E-state index contributed by atoms with van der Waals surface area (Å²) < 4.78 is 1.46. The molecule has 0 fully saturated rings. The predicted octanol–water partition coefficient (Wildman–Crippen LogP) is 4.29. The minimum absolute atomic E-state index is 0.120. The van der Waals surface area contributed by atoms with Gasteiger partial charge in [0.1, 0.15) is 5.82 Å². The van der Waals surface area contributed by atoms with Crippen LogP contribution in [0.15, 0.2) is 47.3 Å². The van der Waals surface area contributed by atoms with Crippen molar-refractivity contribution in [3.8, 4) is 5.69 Å². The molecule has 128 valence electrons. The van der Waals surface area contributed by atoms with E-state index in [0.717, 1.165) is 12.8 Å². The maximum atomic E-state index is 13.0. The third-order valence-electron chi connectivity index (χ3n) is 3.98. The summed E-state index contributed by atoms with van der Waals surface area (Å²) in [5, 5.41) is 11.5. The van der Waals surface area contributed by atoms with Gasteiger partial charge in [0.2, 0.25) is 0 Å². The fourth-order valence-corrected chi connectivity index (χ4v) is 2.98. The Hall–Kier alpha value is -2.73. The maximum absolute atomic E-state index is 13.0. The van der Waals surface area contributed by atoms with Gasteiger partial charge >= 0.3 is 0 Å². The van der Waals surface area contributed by atoms with Gasteiger partial charge in [-0.15, -0.1) is 0 Å². The first-order chi connectivity index (χ1) is 12.0. The van der Waals surface area contributed by atoms with Crippen molar-refractivity contribution in [1.29, 1.82) is 0 Å². The van der Waals surface area contributed by atoms with Crippen LogP contribution in [0.3, 0.4) is 0 Å². The van der Waals surface area contributed by atoms with Gasteiger partial charge in [0, 0.05) is 18.6 Å². The number of aromatic nitrogens is 2. The second-order valence-corrected chi connectivity index (χ2v) is 6.09. The number of hydrogen-bond acceptors (Lipinski definition) is 4. The van der Waals surface area contributed by atoms with Crippen molar-refractivity contribution in [2.75, 3.05) is 0 Å². The predicted molar refractivity (Wildman–Crippen MR) is 97.6 cm³/mol. The van der Waals surface area contributed by atoms with E-state index in [0.29, 0.717) is 28.8 Å². The Balaban J connectivity index is 2.28. The lowest BCUT2D eigenvalue weighted by atomic mass is 10.2.